The van der Waals surface area contributed by atoms with E-state index in [-0.39, 0.29) is 0 Å². The molecule has 0 aliphatic carbocycles. The van der Waals surface area contributed by atoms with Gasteiger partial charge in [0.1, 0.15) is 0 Å². The average Bonchev–Trinajstić information content (AvgIpc) is 3.80. The second kappa shape index (κ2) is 12.9. The Hall–Kier alpha value is -7.98. The zero-order valence-electron chi connectivity index (χ0n) is 29.6. The van der Waals surface area contributed by atoms with Crippen LogP contribution in [-0.4, -0.2) is 49.0 Å². The lowest BCUT2D eigenvalue weighted by Gasteiger charge is -2.13. The maximum absolute atomic E-state index is 4.61. The molecule has 6 heterocycles. The zero-order valence-corrected chi connectivity index (χ0v) is 29.6. The zero-order chi connectivity index (χ0) is 37.0. The van der Waals surface area contributed by atoms with Crippen LogP contribution >= 0.6 is 0 Å². The molecule has 0 radical (unpaired) electrons. The van der Waals surface area contributed by atoms with Crippen LogP contribution in [0.2, 0.25) is 0 Å². The van der Waals surface area contributed by atoms with Gasteiger partial charge in [0.2, 0.25) is 0 Å². The van der Waals surface area contributed by atoms with Crippen LogP contribution in [0.15, 0.2) is 171 Å². The van der Waals surface area contributed by atoms with Crippen molar-refractivity contribution in [3.8, 4) is 56.9 Å². The highest BCUT2D eigenvalue weighted by Gasteiger charge is 2.22. The Bertz CT molecular complexity index is 2900. The standard InChI is InChI=1S/C46H28N10/c1-3-11-37-35(9-1)41-39(55(37)33-25-29(43-47-15-5-16-48-43)23-30(26-33)44-49-17-6-18-50-44)13-14-40-42(41)36-10-2-4-12-38(36)56(40)34-27-31(45-51-19-7-20-52-45)24-32(28-34)46-53-21-8-22-54-46/h1-28H. The summed E-state index contributed by atoms with van der Waals surface area (Å²) < 4.78 is 4.65. The van der Waals surface area contributed by atoms with Gasteiger partial charge >= 0.3 is 0 Å². The third-order valence-corrected chi connectivity index (χ3v) is 10.1. The van der Waals surface area contributed by atoms with Crippen LogP contribution < -0.4 is 0 Å². The Balaban J connectivity index is 1.22. The lowest BCUT2D eigenvalue weighted by molar-refractivity contribution is 1.14. The molecule has 10 nitrogen and oxygen atoms in total. The third-order valence-electron chi connectivity index (χ3n) is 10.1. The summed E-state index contributed by atoms with van der Waals surface area (Å²) in [7, 11) is 0. The van der Waals surface area contributed by atoms with Gasteiger partial charge in [-0.1, -0.05) is 36.4 Å². The Morgan fingerprint density at radius 2 is 0.589 bits per heavy atom. The van der Waals surface area contributed by atoms with Crippen molar-refractivity contribution in [1.82, 2.24) is 49.0 Å². The van der Waals surface area contributed by atoms with E-state index in [0.717, 1.165) is 77.2 Å². The second-order valence-corrected chi connectivity index (χ2v) is 13.4. The van der Waals surface area contributed by atoms with E-state index < -0.39 is 0 Å². The lowest BCUT2D eigenvalue weighted by atomic mass is 10.1. The van der Waals surface area contributed by atoms with Crippen molar-refractivity contribution in [2.45, 2.75) is 0 Å². The van der Waals surface area contributed by atoms with E-state index in [9.17, 15) is 0 Å². The fourth-order valence-electron chi connectivity index (χ4n) is 7.86. The van der Waals surface area contributed by atoms with Crippen LogP contribution in [0.25, 0.3) is 101 Å². The summed E-state index contributed by atoms with van der Waals surface area (Å²) in [4.78, 5) is 36.9. The highest BCUT2D eigenvalue weighted by atomic mass is 15.0. The third kappa shape index (κ3) is 5.12. The maximum atomic E-state index is 4.61. The molecule has 0 aliphatic heterocycles. The van der Waals surface area contributed by atoms with E-state index in [1.165, 1.54) is 0 Å². The molecule has 0 aliphatic rings. The molecule has 6 aromatic heterocycles. The first-order valence-electron chi connectivity index (χ1n) is 18.1. The molecule has 0 saturated heterocycles. The highest BCUT2D eigenvalue weighted by Crippen LogP contribution is 2.43. The number of para-hydroxylation sites is 2. The topological polar surface area (TPSA) is 113 Å². The van der Waals surface area contributed by atoms with E-state index >= 15 is 0 Å². The van der Waals surface area contributed by atoms with Crippen LogP contribution in [0.4, 0.5) is 0 Å². The van der Waals surface area contributed by atoms with E-state index in [0.29, 0.717) is 23.3 Å². The number of fused-ring (bicyclic) bond motifs is 7. The number of hydrogen-bond donors (Lipinski definition) is 0. The number of hydrogen-bond acceptors (Lipinski definition) is 8. The molecular formula is C46H28N10. The van der Waals surface area contributed by atoms with Crippen molar-refractivity contribution in [3.63, 3.8) is 0 Å². The summed E-state index contributed by atoms with van der Waals surface area (Å²) in [5.41, 5.74) is 9.67. The summed E-state index contributed by atoms with van der Waals surface area (Å²) in [6.07, 6.45) is 14.1. The van der Waals surface area contributed by atoms with Crippen LogP contribution in [0, 0.1) is 0 Å². The molecule has 10 heteroatoms. The molecule has 0 N–H and O–H groups in total. The number of rotatable bonds is 6. The molecule has 0 amide bonds. The van der Waals surface area contributed by atoms with Crippen LogP contribution in [0.5, 0.6) is 0 Å². The SMILES string of the molecule is c1cnc(-c2cc(-c3ncccn3)cc(-n3c4ccccc4c4c5c6ccccc6n(-c6cc(-c7ncccn7)cc(-c7ncccn7)c6)c5ccc43)c2)nc1. The van der Waals surface area contributed by atoms with Crippen LogP contribution in [-0.2, 0) is 0 Å². The minimum Gasteiger partial charge on any atom is -0.309 e. The fourth-order valence-corrected chi connectivity index (χ4v) is 7.86. The number of benzene rings is 5. The molecule has 0 fully saturated rings. The van der Waals surface area contributed by atoms with Crippen molar-refractivity contribution in [3.05, 3.63) is 171 Å². The first-order valence-corrected chi connectivity index (χ1v) is 18.1. The molecule has 0 spiro atoms. The smallest absolute Gasteiger partial charge is 0.159 e. The molecule has 0 unspecified atom stereocenters. The van der Waals surface area contributed by atoms with Crippen molar-refractivity contribution in [1.29, 1.82) is 0 Å². The Morgan fingerprint density at radius 3 is 0.911 bits per heavy atom. The largest absolute Gasteiger partial charge is 0.309 e. The van der Waals surface area contributed by atoms with Gasteiger partial charge in [-0.2, -0.15) is 0 Å². The quantitative estimate of drug-likeness (QED) is 0.167. The van der Waals surface area contributed by atoms with Crippen molar-refractivity contribution < 1.29 is 0 Å². The first kappa shape index (κ1) is 31.5. The maximum Gasteiger partial charge on any atom is 0.159 e. The van der Waals surface area contributed by atoms with Crippen LogP contribution in [0.1, 0.15) is 0 Å². The van der Waals surface area contributed by atoms with Gasteiger partial charge < -0.3 is 9.13 Å². The van der Waals surface area contributed by atoms with Gasteiger partial charge in [-0.3, -0.25) is 0 Å². The van der Waals surface area contributed by atoms with Gasteiger partial charge in [0, 0.05) is 105 Å². The van der Waals surface area contributed by atoms with Gasteiger partial charge in [0.15, 0.2) is 23.3 Å². The van der Waals surface area contributed by atoms with Gasteiger partial charge in [0.05, 0.1) is 22.1 Å². The van der Waals surface area contributed by atoms with E-state index in [4.69, 9.17) is 0 Å². The van der Waals surface area contributed by atoms with E-state index in [2.05, 4.69) is 146 Å². The molecule has 56 heavy (non-hydrogen) atoms. The monoisotopic (exact) mass is 720 g/mol. The summed E-state index contributed by atoms with van der Waals surface area (Å²) in [6, 6.07) is 41.6. The van der Waals surface area contributed by atoms with E-state index in [1.807, 2.05) is 24.3 Å². The lowest BCUT2D eigenvalue weighted by Crippen LogP contribution is -1.99. The molecule has 11 aromatic rings. The molecule has 5 aromatic carbocycles. The highest BCUT2D eigenvalue weighted by molar-refractivity contribution is 6.29. The number of nitrogens with zero attached hydrogens (tertiary/aromatic N) is 10. The summed E-state index contributed by atoms with van der Waals surface area (Å²) in [5, 5.41) is 4.58. The Labute approximate surface area is 319 Å². The van der Waals surface area contributed by atoms with E-state index in [1.54, 1.807) is 49.6 Å². The van der Waals surface area contributed by atoms with Crippen molar-refractivity contribution in [2.75, 3.05) is 0 Å². The van der Waals surface area contributed by atoms with Crippen molar-refractivity contribution in [2.24, 2.45) is 0 Å². The fraction of sp³-hybridized carbons (Fsp3) is 0. The molecule has 0 saturated carbocycles. The molecule has 11 rings (SSSR count). The predicted octanol–water partition coefficient (Wildman–Crippen LogP) is 9.71. The van der Waals surface area contributed by atoms with Gasteiger partial charge in [-0.05, 0) is 84.9 Å². The van der Waals surface area contributed by atoms with Gasteiger partial charge in [0.25, 0.3) is 0 Å². The minimum atomic E-state index is 0.626. The van der Waals surface area contributed by atoms with Gasteiger partial charge in [-0.25, -0.2) is 39.9 Å². The van der Waals surface area contributed by atoms with Gasteiger partial charge in [-0.15, -0.1) is 0 Å². The summed E-state index contributed by atoms with van der Waals surface area (Å²) in [6.45, 7) is 0. The number of aromatic nitrogens is 10. The second-order valence-electron chi connectivity index (χ2n) is 13.4. The predicted molar refractivity (Wildman–Crippen MR) is 219 cm³/mol. The average molecular weight is 721 g/mol. The molecule has 262 valence electrons. The molecule has 0 atom stereocenters. The summed E-state index contributed by atoms with van der Waals surface area (Å²) in [5.74, 6) is 2.50. The van der Waals surface area contributed by atoms with Crippen LogP contribution in [0.3, 0.4) is 0 Å². The summed E-state index contributed by atoms with van der Waals surface area (Å²) >= 11 is 0. The Kier molecular flexibility index (Phi) is 7.24. The first-order chi connectivity index (χ1) is 27.8. The normalized spacial score (nSPS) is 11.6. The molecule has 0 bridgehead atoms. The van der Waals surface area contributed by atoms with Crippen molar-refractivity contribution >= 4 is 43.6 Å². The Morgan fingerprint density at radius 1 is 0.286 bits per heavy atom. The minimum absolute atomic E-state index is 0.626. The molecular weight excluding hydrogens is 693 g/mol.